The zero-order valence-electron chi connectivity index (χ0n) is 14.1. The van der Waals surface area contributed by atoms with Gasteiger partial charge >= 0.3 is 0 Å². The first kappa shape index (κ1) is 16.9. The molecule has 0 unspecified atom stereocenters. The number of nitrogens with one attached hydrogen (secondary N) is 2. The Hall–Kier alpha value is -1.98. The van der Waals surface area contributed by atoms with Crippen molar-refractivity contribution in [3.05, 3.63) is 57.8 Å². The summed E-state index contributed by atoms with van der Waals surface area (Å²) in [5.74, 6) is 1.01. The van der Waals surface area contributed by atoms with E-state index in [-0.39, 0.29) is 0 Å². The van der Waals surface area contributed by atoms with E-state index in [0.29, 0.717) is 18.2 Å². The first-order valence-corrected chi connectivity index (χ1v) is 9.26. The van der Waals surface area contributed by atoms with Crippen LogP contribution in [-0.2, 0) is 12.8 Å². The monoisotopic (exact) mass is 340 g/mol. The van der Waals surface area contributed by atoms with Crippen LogP contribution in [0.15, 0.2) is 41.8 Å². The minimum Gasteiger partial charge on any atom is -0.314 e. The molecule has 2 heterocycles. The highest BCUT2D eigenvalue weighted by atomic mass is 32.1. The topological polar surface area (TPSA) is 54.2 Å². The van der Waals surface area contributed by atoms with Crippen LogP contribution in [-0.4, -0.2) is 48.2 Å². The summed E-state index contributed by atoms with van der Waals surface area (Å²) in [7, 11) is 2.05. The summed E-state index contributed by atoms with van der Waals surface area (Å²) < 4.78 is 0. The maximum atomic E-state index is 8.47. The van der Waals surface area contributed by atoms with Crippen LogP contribution >= 0.6 is 11.3 Å². The number of nitrogens with zero attached hydrogens (tertiary/aromatic N) is 2. The molecule has 0 radical (unpaired) electrons. The standard InChI is InChI=1S/C19H24N4S/c1-22(12-9-15-6-3-2-4-7-15)14-18(20)23-11-5-8-17-16(19(23)21)10-13-24-17/h2-4,6-7,10,13,20-21H,5,8-9,11-12,14H2,1H3. The molecule has 0 atom stereocenters. The molecule has 0 saturated carbocycles. The van der Waals surface area contributed by atoms with Gasteiger partial charge in [0, 0.05) is 23.5 Å². The molecule has 126 valence electrons. The number of likely N-dealkylation sites (N-methyl/N-ethyl adjacent to an activating group) is 1. The first-order chi connectivity index (χ1) is 11.6. The molecule has 0 bridgehead atoms. The lowest BCUT2D eigenvalue weighted by molar-refractivity contribution is 0.371. The average Bonchev–Trinajstić information content (AvgIpc) is 3.00. The van der Waals surface area contributed by atoms with E-state index in [1.54, 1.807) is 11.3 Å². The summed E-state index contributed by atoms with van der Waals surface area (Å²) in [6, 6.07) is 12.5. The number of amidine groups is 2. The summed E-state index contributed by atoms with van der Waals surface area (Å²) in [6.07, 6.45) is 3.01. The molecule has 2 N–H and O–H groups in total. The third-order valence-electron chi connectivity index (χ3n) is 4.43. The highest BCUT2D eigenvalue weighted by molar-refractivity contribution is 7.10. The number of aryl methyl sites for hydroxylation is 1. The Bertz CT molecular complexity index is 707. The molecule has 4 nitrogen and oxygen atoms in total. The Kier molecular flexibility index (Phi) is 5.43. The van der Waals surface area contributed by atoms with Crippen molar-refractivity contribution < 1.29 is 0 Å². The van der Waals surface area contributed by atoms with Crippen LogP contribution in [0.1, 0.15) is 22.4 Å². The third kappa shape index (κ3) is 3.91. The zero-order valence-corrected chi connectivity index (χ0v) is 14.9. The quantitative estimate of drug-likeness (QED) is 0.647. The van der Waals surface area contributed by atoms with Gasteiger partial charge in [0.1, 0.15) is 11.7 Å². The molecule has 1 aliphatic rings. The fraction of sp³-hybridized carbons (Fsp3) is 0.368. The molecule has 0 aliphatic carbocycles. The minimum atomic E-state index is 0.491. The molecular weight excluding hydrogens is 316 g/mol. The summed E-state index contributed by atoms with van der Waals surface area (Å²) in [5, 5.41) is 19.0. The van der Waals surface area contributed by atoms with Gasteiger partial charge in [-0.15, -0.1) is 11.3 Å². The molecule has 1 aromatic carbocycles. The first-order valence-electron chi connectivity index (χ1n) is 8.38. The van der Waals surface area contributed by atoms with Gasteiger partial charge in [-0.25, -0.2) is 0 Å². The van der Waals surface area contributed by atoms with E-state index in [0.717, 1.165) is 37.9 Å². The lowest BCUT2D eigenvalue weighted by Gasteiger charge is -2.27. The van der Waals surface area contributed by atoms with Gasteiger partial charge in [0.2, 0.25) is 0 Å². The van der Waals surface area contributed by atoms with Crippen LogP contribution in [0.4, 0.5) is 0 Å². The Balaban J connectivity index is 1.57. The maximum absolute atomic E-state index is 8.47. The van der Waals surface area contributed by atoms with E-state index in [9.17, 15) is 0 Å². The zero-order chi connectivity index (χ0) is 16.9. The lowest BCUT2D eigenvalue weighted by atomic mass is 10.1. The van der Waals surface area contributed by atoms with E-state index < -0.39 is 0 Å². The summed E-state index contributed by atoms with van der Waals surface area (Å²) in [6.45, 7) is 2.26. The number of thiophene rings is 1. The van der Waals surface area contributed by atoms with Crippen LogP contribution < -0.4 is 0 Å². The Morgan fingerprint density at radius 2 is 2.04 bits per heavy atom. The smallest absolute Gasteiger partial charge is 0.134 e. The fourth-order valence-corrected chi connectivity index (χ4v) is 3.98. The molecule has 0 amide bonds. The number of benzene rings is 1. The number of hydrogen-bond donors (Lipinski definition) is 2. The van der Waals surface area contributed by atoms with E-state index in [1.165, 1.54) is 10.4 Å². The molecule has 24 heavy (non-hydrogen) atoms. The third-order valence-corrected chi connectivity index (χ3v) is 5.41. The average molecular weight is 340 g/mol. The molecule has 3 rings (SSSR count). The lowest BCUT2D eigenvalue weighted by Crippen LogP contribution is -2.42. The highest BCUT2D eigenvalue weighted by Gasteiger charge is 2.23. The number of hydrogen-bond acceptors (Lipinski definition) is 4. The van der Waals surface area contributed by atoms with E-state index in [1.807, 2.05) is 17.0 Å². The van der Waals surface area contributed by atoms with Gasteiger partial charge in [-0.2, -0.15) is 0 Å². The SMILES string of the molecule is CN(CCc1ccccc1)CC(=N)N1CCCc2sccc2C1=N. The number of rotatable bonds is 5. The molecule has 2 aromatic rings. The second-order valence-corrected chi connectivity index (χ2v) is 7.28. The van der Waals surface area contributed by atoms with Gasteiger partial charge in [0.25, 0.3) is 0 Å². The highest BCUT2D eigenvalue weighted by Crippen LogP contribution is 2.24. The van der Waals surface area contributed by atoms with Crippen molar-refractivity contribution in [2.45, 2.75) is 19.3 Å². The normalized spacial score (nSPS) is 14.6. The molecule has 1 aromatic heterocycles. The van der Waals surface area contributed by atoms with Crippen molar-refractivity contribution in [3.8, 4) is 0 Å². The van der Waals surface area contributed by atoms with Gasteiger partial charge in [0.05, 0.1) is 6.54 Å². The maximum Gasteiger partial charge on any atom is 0.134 e. The van der Waals surface area contributed by atoms with Crippen LogP contribution in [0.5, 0.6) is 0 Å². The van der Waals surface area contributed by atoms with Gasteiger partial charge < -0.3 is 4.90 Å². The Morgan fingerprint density at radius 3 is 2.83 bits per heavy atom. The Labute approximate surface area is 147 Å². The minimum absolute atomic E-state index is 0.491. The summed E-state index contributed by atoms with van der Waals surface area (Å²) in [4.78, 5) is 5.33. The van der Waals surface area contributed by atoms with Crippen molar-refractivity contribution in [1.29, 1.82) is 10.8 Å². The van der Waals surface area contributed by atoms with E-state index in [2.05, 4.69) is 41.6 Å². The summed E-state index contributed by atoms with van der Waals surface area (Å²) >= 11 is 1.73. The molecule has 0 fully saturated rings. The van der Waals surface area contributed by atoms with Crippen molar-refractivity contribution >= 4 is 23.0 Å². The second-order valence-electron chi connectivity index (χ2n) is 6.28. The molecule has 1 aliphatic heterocycles. The molecule has 0 spiro atoms. The van der Waals surface area contributed by atoms with Crippen LogP contribution in [0.2, 0.25) is 0 Å². The van der Waals surface area contributed by atoms with Crippen LogP contribution in [0, 0.1) is 10.8 Å². The largest absolute Gasteiger partial charge is 0.314 e. The number of fused-ring (bicyclic) bond motifs is 1. The molecular formula is C19H24N4S. The predicted molar refractivity (Wildman–Crippen MR) is 102 cm³/mol. The molecule has 5 heteroatoms. The summed E-state index contributed by atoms with van der Waals surface area (Å²) in [5.41, 5.74) is 2.33. The van der Waals surface area contributed by atoms with Gasteiger partial charge in [-0.05, 0) is 43.3 Å². The van der Waals surface area contributed by atoms with E-state index >= 15 is 0 Å². The van der Waals surface area contributed by atoms with Crippen LogP contribution in [0.25, 0.3) is 0 Å². The second kappa shape index (κ2) is 7.73. The van der Waals surface area contributed by atoms with E-state index in [4.69, 9.17) is 10.8 Å². The Morgan fingerprint density at radius 1 is 1.25 bits per heavy atom. The van der Waals surface area contributed by atoms with Crippen molar-refractivity contribution in [1.82, 2.24) is 9.80 Å². The van der Waals surface area contributed by atoms with Crippen molar-refractivity contribution in [2.24, 2.45) is 0 Å². The van der Waals surface area contributed by atoms with Crippen molar-refractivity contribution in [2.75, 3.05) is 26.7 Å². The van der Waals surface area contributed by atoms with Gasteiger partial charge in [-0.1, -0.05) is 30.3 Å². The predicted octanol–water partition coefficient (Wildman–Crippen LogP) is 3.47. The van der Waals surface area contributed by atoms with Gasteiger partial charge in [-0.3, -0.25) is 15.7 Å². The van der Waals surface area contributed by atoms with Crippen molar-refractivity contribution in [3.63, 3.8) is 0 Å². The fourth-order valence-electron chi connectivity index (χ4n) is 3.05. The van der Waals surface area contributed by atoms with Gasteiger partial charge in [0.15, 0.2) is 0 Å². The molecule has 0 saturated heterocycles. The van der Waals surface area contributed by atoms with Crippen LogP contribution in [0.3, 0.4) is 0 Å².